The summed E-state index contributed by atoms with van der Waals surface area (Å²) in [6, 6.07) is 85.9. The molecule has 0 saturated carbocycles. The fraction of sp³-hybridized carbons (Fsp3) is 0. The molecule has 1 aromatic heterocycles. The van der Waals surface area contributed by atoms with Crippen molar-refractivity contribution in [3.63, 3.8) is 0 Å². The summed E-state index contributed by atoms with van der Waals surface area (Å²) in [5.74, 6) is 0. The summed E-state index contributed by atoms with van der Waals surface area (Å²) in [5.41, 5.74) is 13.8. The molecule has 308 valence electrons. The first-order valence-corrected chi connectivity index (χ1v) is 23.2. The minimum atomic E-state index is 0.890. The first-order chi connectivity index (χ1) is 33.2. The molecule has 0 fully saturated rings. The Balaban J connectivity index is 1.08. The van der Waals surface area contributed by atoms with Crippen molar-refractivity contribution in [3.05, 3.63) is 231 Å². The van der Waals surface area contributed by atoms with Crippen LogP contribution in [0.4, 0.5) is 0 Å². The summed E-state index contributed by atoms with van der Waals surface area (Å²) in [4.78, 5) is 0. The van der Waals surface area contributed by atoms with E-state index in [1.165, 1.54) is 125 Å². The van der Waals surface area contributed by atoms with Crippen molar-refractivity contribution in [3.8, 4) is 55.6 Å². The summed E-state index contributed by atoms with van der Waals surface area (Å²) in [5, 5.41) is 20.1. The number of furan rings is 1. The highest BCUT2D eigenvalue weighted by atomic mass is 16.3. The van der Waals surface area contributed by atoms with E-state index in [1.54, 1.807) is 0 Å². The largest absolute Gasteiger partial charge is 0.456 e. The molecule has 0 unspecified atom stereocenters. The summed E-state index contributed by atoms with van der Waals surface area (Å²) < 4.78 is 6.43. The van der Waals surface area contributed by atoms with E-state index in [-0.39, 0.29) is 0 Å². The van der Waals surface area contributed by atoms with E-state index in [2.05, 4.69) is 224 Å². The minimum absolute atomic E-state index is 0.890. The molecule has 15 rings (SSSR count). The second kappa shape index (κ2) is 13.9. The molecule has 0 atom stereocenters. The SMILES string of the molecule is c1ccc(-c2c(-c3ccc4ccc5cccc6ccc3c4c56)c(-c3ccc(-c4ccc5ccc6cccc7ccc4c5c67)cc3-c3ccc4oc5ccccc5c4c3)cc3ccccc23)cc1. The first-order valence-electron chi connectivity index (χ1n) is 23.2. The average molecular weight is 847 g/mol. The van der Waals surface area contributed by atoms with Crippen LogP contribution in [0.1, 0.15) is 0 Å². The number of hydrogen-bond acceptors (Lipinski definition) is 1. The highest BCUT2D eigenvalue weighted by molar-refractivity contribution is 6.28. The fourth-order valence-corrected chi connectivity index (χ4v) is 11.8. The van der Waals surface area contributed by atoms with Crippen molar-refractivity contribution in [2.75, 3.05) is 0 Å². The van der Waals surface area contributed by atoms with Crippen LogP contribution in [-0.4, -0.2) is 0 Å². The third-order valence-electron chi connectivity index (χ3n) is 14.7. The molecule has 0 N–H and O–H groups in total. The molecule has 0 spiro atoms. The van der Waals surface area contributed by atoms with E-state index in [1.807, 2.05) is 6.07 Å². The Morgan fingerprint density at radius 1 is 0.209 bits per heavy atom. The van der Waals surface area contributed by atoms with Crippen LogP contribution < -0.4 is 0 Å². The summed E-state index contributed by atoms with van der Waals surface area (Å²) >= 11 is 0. The predicted octanol–water partition coefficient (Wildman–Crippen LogP) is 18.9. The van der Waals surface area contributed by atoms with Crippen molar-refractivity contribution < 1.29 is 4.42 Å². The predicted molar refractivity (Wildman–Crippen MR) is 286 cm³/mol. The van der Waals surface area contributed by atoms with Crippen LogP contribution in [-0.2, 0) is 0 Å². The lowest BCUT2D eigenvalue weighted by Crippen LogP contribution is -1.97. The number of hydrogen-bond donors (Lipinski definition) is 0. The lowest BCUT2D eigenvalue weighted by atomic mass is 9.79. The first kappa shape index (κ1) is 36.5. The Kier molecular flexibility index (Phi) is 7.56. The molecule has 0 aliphatic rings. The van der Waals surface area contributed by atoms with Crippen LogP contribution in [0, 0.1) is 0 Å². The number of rotatable bonds is 5. The highest BCUT2D eigenvalue weighted by Crippen LogP contribution is 2.51. The van der Waals surface area contributed by atoms with Gasteiger partial charge in [-0.05, 0) is 161 Å². The Hall–Kier alpha value is -8.78. The number of fused-ring (bicyclic) bond motifs is 4. The molecule has 0 radical (unpaired) electrons. The summed E-state index contributed by atoms with van der Waals surface area (Å²) in [7, 11) is 0. The summed E-state index contributed by atoms with van der Waals surface area (Å²) in [6.45, 7) is 0. The zero-order valence-corrected chi connectivity index (χ0v) is 36.3. The van der Waals surface area contributed by atoms with Gasteiger partial charge in [-0.2, -0.15) is 0 Å². The van der Waals surface area contributed by atoms with Gasteiger partial charge in [0.05, 0.1) is 0 Å². The van der Waals surface area contributed by atoms with Gasteiger partial charge in [0.25, 0.3) is 0 Å². The van der Waals surface area contributed by atoms with Gasteiger partial charge in [-0.25, -0.2) is 0 Å². The van der Waals surface area contributed by atoms with Gasteiger partial charge >= 0.3 is 0 Å². The molecule has 67 heavy (non-hydrogen) atoms. The second-order valence-corrected chi connectivity index (χ2v) is 18.3. The van der Waals surface area contributed by atoms with Gasteiger partial charge < -0.3 is 4.42 Å². The van der Waals surface area contributed by atoms with E-state index in [4.69, 9.17) is 4.42 Å². The molecule has 1 nitrogen and oxygen atoms in total. The average Bonchev–Trinajstić information content (AvgIpc) is 3.77. The summed E-state index contributed by atoms with van der Waals surface area (Å²) in [6.07, 6.45) is 0. The maximum Gasteiger partial charge on any atom is 0.135 e. The van der Waals surface area contributed by atoms with Crippen molar-refractivity contribution in [1.29, 1.82) is 0 Å². The van der Waals surface area contributed by atoms with E-state index < -0.39 is 0 Å². The van der Waals surface area contributed by atoms with Gasteiger partial charge in [0, 0.05) is 10.8 Å². The molecule has 0 aliphatic heterocycles. The Bertz CT molecular complexity index is 4460. The molecular formula is C66H38O. The maximum absolute atomic E-state index is 6.43. The Morgan fingerprint density at radius 3 is 1.43 bits per heavy atom. The molecule has 15 aromatic rings. The van der Waals surface area contributed by atoms with Crippen LogP contribution >= 0.6 is 0 Å². The van der Waals surface area contributed by atoms with E-state index >= 15 is 0 Å². The lowest BCUT2D eigenvalue weighted by molar-refractivity contribution is 0.669. The van der Waals surface area contributed by atoms with E-state index in [0.29, 0.717) is 0 Å². The molecule has 1 heteroatoms. The third kappa shape index (κ3) is 5.31. The number of para-hydroxylation sites is 1. The van der Waals surface area contributed by atoms with Crippen LogP contribution in [0.5, 0.6) is 0 Å². The topological polar surface area (TPSA) is 13.1 Å². The standard InChI is InChI=1S/C66H38O/c1-2-10-39(11-3-1)63-50-17-5-4-12-46(50)38-58(66(63)55-34-27-45-23-21-41-14-9-16-43-26-33-54(55)65(45)62(41)43)51-31-28-47(36-56(51)48-29-35-60-57(37-48)52-18-6-7-19-59(52)67-60)49-30-24-44-22-20-40-13-8-15-42-25-32-53(49)64(44)61(40)42/h1-38H. The van der Waals surface area contributed by atoms with Crippen molar-refractivity contribution >= 4 is 97.3 Å². The normalized spacial score (nSPS) is 12.2. The molecule has 0 aliphatic carbocycles. The highest BCUT2D eigenvalue weighted by Gasteiger charge is 2.24. The van der Waals surface area contributed by atoms with E-state index in [0.717, 1.165) is 27.5 Å². The van der Waals surface area contributed by atoms with Gasteiger partial charge in [-0.3, -0.25) is 0 Å². The second-order valence-electron chi connectivity index (χ2n) is 18.3. The molecule has 14 aromatic carbocycles. The monoisotopic (exact) mass is 846 g/mol. The molecule has 1 heterocycles. The van der Waals surface area contributed by atoms with Crippen molar-refractivity contribution in [2.24, 2.45) is 0 Å². The molecule has 0 bridgehead atoms. The number of benzene rings is 14. The van der Waals surface area contributed by atoms with Crippen LogP contribution in [0.2, 0.25) is 0 Å². The zero-order chi connectivity index (χ0) is 43.7. The molecule has 0 amide bonds. The van der Waals surface area contributed by atoms with Gasteiger partial charge in [-0.1, -0.05) is 200 Å². The fourth-order valence-electron chi connectivity index (χ4n) is 11.8. The Labute approximate surface area is 386 Å². The quantitative estimate of drug-likeness (QED) is 0.157. The van der Waals surface area contributed by atoms with E-state index in [9.17, 15) is 0 Å². The van der Waals surface area contributed by atoms with Gasteiger partial charge in [0.2, 0.25) is 0 Å². The zero-order valence-electron chi connectivity index (χ0n) is 36.3. The van der Waals surface area contributed by atoms with Crippen LogP contribution in [0.25, 0.3) is 153 Å². The van der Waals surface area contributed by atoms with Crippen LogP contribution in [0.15, 0.2) is 235 Å². The molecule has 0 saturated heterocycles. The third-order valence-corrected chi connectivity index (χ3v) is 14.7. The minimum Gasteiger partial charge on any atom is -0.456 e. The molecular weight excluding hydrogens is 809 g/mol. The van der Waals surface area contributed by atoms with Gasteiger partial charge in [-0.15, -0.1) is 0 Å². The Morgan fingerprint density at radius 2 is 0.716 bits per heavy atom. The van der Waals surface area contributed by atoms with Crippen LogP contribution in [0.3, 0.4) is 0 Å². The van der Waals surface area contributed by atoms with Crippen molar-refractivity contribution in [2.45, 2.75) is 0 Å². The van der Waals surface area contributed by atoms with Crippen molar-refractivity contribution in [1.82, 2.24) is 0 Å². The maximum atomic E-state index is 6.43. The van der Waals surface area contributed by atoms with Gasteiger partial charge in [0.15, 0.2) is 0 Å². The lowest BCUT2D eigenvalue weighted by Gasteiger charge is -2.24. The smallest absolute Gasteiger partial charge is 0.135 e. The van der Waals surface area contributed by atoms with Gasteiger partial charge in [0.1, 0.15) is 11.2 Å².